The number of benzene rings is 2. The Morgan fingerprint density at radius 2 is 1.89 bits per heavy atom. The maximum absolute atomic E-state index is 12.7. The predicted molar refractivity (Wildman–Crippen MR) is 104 cm³/mol. The Morgan fingerprint density at radius 3 is 2.70 bits per heavy atom. The summed E-state index contributed by atoms with van der Waals surface area (Å²) in [6.45, 7) is 1.46. The van der Waals surface area contributed by atoms with E-state index in [-0.39, 0.29) is 12.5 Å². The van der Waals surface area contributed by atoms with Crippen LogP contribution < -0.4 is 4.74 Å². The number of ether oxygens (including phenoxy) is 1. The van der Waals surface area contributed by atoms with Crippen molar-refractivity contribution in [1.82, 2.24) is 4.90 Å². The topological polar surface area (TPSA) is 42.7 Å². The van der Waals surface area contributed by atoms with Gasteiger partial charge in [0.05, 0.1) is 5.02 Å². The molecule has 3 aromatic rings. The number of nitrogens with zero attached hydrogens (tertiary/aromatic N) is 1. The summed E-state index contributed by atoms with van der Waals surface area (Å²) in [5.74, 6) is 1.27. The van der Waals surface area contributed by atoms with Crippen LogP contribution in [-0.4, -0.2) is 17.4 Å². The van der Waals surface area contributed by atoms with Crippen LogP contribution in [-0.2, 0) is 19.6 Å². The summed E-state index contributed by atoms with van der Waals surface area (Å²) in [6, 6.07) is 16.6. The van der Waals surface area contributed by atoms with Gasteiger partial charge in [0.25, 0.3) is 5.91 Å². The smallest absolute Gasteiger partial charge is 0.289 e. The molecule has 1 aromatic heterocycles. The molecule has 6 heteroatoms. The van der Waals surface area contributed by atoms with Crippen LogP contribution in [0.1, 0.15) is 27.4 Å². The second-order valence-corrected chi connectivity index (χ2v) is 7.22. The van der Waals surface area contributed by atoms with Crippen molar-refractivity contribution in [2.24, 2.45) is 0 Å². The van der Waals surface area contributed by atoms with Crippen LogP contribution in [0.25, 0.3) is 0 Å². The van der Waals surface area contributed by atoms with Crippen LogP contribution in [0.15, 0.2) is 59.0 Å². The van der Waals surface area contributed by atoms with Crippen LogP contribution in [0.2, 0.25) is 10.0 Å². The van der Waals surface area contributed by atoms with Crippen LogP contribution in [0.3, 0.4) is 0 Å². The third kappa shape index (κ3) is 3.97. The number of fused-ring (bicyclic) bond motifs is 1. The normalized spacial score (nSPS) is 13.3. The molecular formula is C21H17Cl2NO3. The SMILES string of the molecule is O=C(c1ccc(COc2ccc(Cl)cc2Cl)o1)N1CCc2ccccc2C1. The fourth-order valence-corrected chi connectivity index (χ4v) is 3.60. The second-order valence-electron chi connectivity index (χ2n) is 6.37. The van der Waals surface area contributed by atoms with Gasteiger partial charge in [-0.25, -0.2) is 0 Å². The quantitative estimate of drug-likeness (QED) is 0.590. The molecule has 4 rings (SSSR count). The van der Waals surface area contributed by atoms with Gasteiger partial charge in [0.1, 0.15) is 18.1 Å². The fraction of sp³-hybridized carbons (Fsp3) is 0.190. The average Bonchev–Trinajstić information content (AvgIpc) is 3.15. The van der Waals surface area contributed by atoms with Crippen molar-refractivity contribution < 1.29 is 13.9 Å². The first kappa shape index (κ1) is 18.0. The summed E-state index contributed by atoms with van der Waals surface area (Å²) < 4.78 is 11.3. The van der Waals surface area contributed by atoms with E-state index in [1.165, 1.54) is 11.1 Å². The number of hydrogen-bond donors (Lipinski definition) is 0. The Labute approximate surface area is 167 Å². The van der Waals surface area contributed by atoms with Gasteiger partial charge in [0.15, 0.2) is 5.76 Å². The van der Waals surface area contributed by atoms with Crippen molar-refractivity contribution >= 4 is 29.1 Å². The third-order valence-electron chi connectivity index (χ3n) is 4.55. The van der Waals surface area contributed by atoms with E-state index < -0.39 is 0 Å². The highest BCUT2D eigenvalue weighted by Crippen LogP contribution is 2.28. The number of furan rings is 1. The van der Waals surface area contributed by atoms with Crippen molar-refractivity contribution in [2.75, 3.05) is 6.54 Å². The number of hydrogen-bond acceptors (Lipinski definition) is 3. The molecule has 1 amide bonds. The minimum Gasteiger partial charge on any atom is -0.484 e. The number of carbonyl (C=O) groups excluding carboxylic acids is 1. The molecule has 138 valence electrons. The summed E-state index contributed by atoms with van der Waals surface area (Å²) >= 11 is 12.0. The van der Waals surface area contributed by atoms with Crippen LogP contribution in [0, 0.1) is 0 Å². The summed E-state index contributed by atoms with van der Waals surface area (Å²) in [5, 5.41) is 0.971. The first-order valence-corrected chi connectivity index (χ1v) is 9.38. The molecule has 2 heterocycles. The van der Waals surface area contributed by atoms with Gasteiger partial charge in [-0.15, -0.1) is 0 Å². The molecular weight excluding hydrogens is 385 g/mol. The molecule has 0 bridgehead atoms. The van der Waals surface area contributed by atoms with Crippen LogP contribution >= 0.6 is 23.2 Å². The number of rotatable bonds is 4. The van der Waals surface area contributed by atoms with E-state index in [1.807, 2.05) is 17.0 Å². The zero-order chi connectivity index (χ0) is 18.8. The lowest BCUT2D eigenvalue weighted by atomic mass is 10.00. The Bertz CT molecular complexity index is 983. The molecule has 0 unspecified atom stereocenters. The number of halogens is 2. The first-order chi connectivity index (χ1) is 13.1. The Balaban J connectivity index is 1.41. The maximum atomic E-state index is 12.7. The maximum Gasteiger partial charge on any atom is 0.289 e. The molecule has 0 spiro atoms. The summed E-state index contributed by atoms with van der Waals surface area (Å²) in [5.41, 5.74) is 2.49. The first-order valence-electron chi connectivity index (χ1n) is 8.63. The summed E-state index contributed by atoms with van der Waals surface area (Å²) in [7, 11) is 0. The zero-order valence-corrected chi connectivity index (χ0v) is 16.0. The van der Waals surface area contributed by atoms with Crippen molar-refractivity contribution in [3.63, 3.8) is 0 Å². The fourth-order valence-electron chi connectivity index (χ4n) is 3.14. The molecule has 0 saturated heterocycles. The van der Waals surface area contributed by atoms with E-state index in [4.69, 9.17) is 32.4 Å². The average molecular weight is 402 g/mol. The van der Waals surface area contributed by atoms with E-state index >= 15 is 0 Å². The predicted octanol–water partition coefficient (Wildman–Crippen LogP) is 5.36. The molecule has 0 fully saturated rings. The molecule has 0 aliphatic carbocycles. The molecule has 2 aromatic carbocycles. The molecule has 27 heavy (non-hydrogen) atoms. The van der Waals surface area contributed by atoms with E-state index in [2.05, 4.69) is 12.1 Å². The summed E-state index contributed by atoms with van der Waals surface area (Å²) in [6.07, 6.45) is 0.855. The van der Waals surface area contributed by atoms with Crippen molar-refractivity contribution in [1.29, 1.82) is 0 Å². The van der Waals surface area contributed by atoms with Crippen molar-refractivity contribution in [3.8, 4) is 5.75 Å². The lowest BCUT2D eigenvalue weighted by Crippen LogP contribution is -2.35. The zero-order valence-electron chi connectivity index (χ0n) is 14.5. The second kappa shape index (κ2) is 7.67. The van der Waals surface area contributed by atoms with E-state index in [9.17, 15) is 4.79 Å². The number of amides is 1. The van der Waals surface area contributed by atoms with Crippen molar-refractivity contribution in [2.45, 2.75) is 19.6 Å². The lowest BCUT2D eigenvalue weighted by molar-refractivity contribution is 0.0698. The standard InChI is InChI=1S/C21H17Cl2NO3/c22-16-5-7-19(18(23)11-16)26-13-17-6-8-20(27-17)21(25)24-10-9-14-3-1-2-4-15(14)12-24/h1-8,11H,9-10,12-13H2. The Morgan fingerprint density at radius 1 is 1.07 bits per heavy atom. The van der Waals surface area contributed by atoms with Crippen LogP contribution in [0.5, 0.6) is 5.75 Å². The van der Waals surface area contributed by atoms with E-state index in [0.29, 0.717) is 40.4 Å². The monoisotopic (exact) mass is 401 g/mol. The van der Waals surface area contributed by atoms with Gasteiger partial charge in [-0.2, -0.15) is 0 Å². The Hall–Kier alpha value is -2.43. The molecule has 0 N–H and O–H groups in total. The van der Waals surface area contributed by atoms with Gasteiger partial charge in [-0.1, -0.05) is 47.5 Å². The van der Waals surface area contributed by atoms with Gasteiger partial charge in [-0.05, 0) is 47.9 Å². The molecule has 0 atom stereocenters. The number of carbonyl (C=O) groups is 1. The van der Waals surface area contributed by atoms with Gasteiger partial charge in [0, 0.05) is 18.1 Å². The van der Waals surface area contributed by atoms with Crippen LogP contribution in [0.4, 0.5) is 0 Å². The third-order valence-corrected chi connectivity index (χ3v) is 5.08. The van der Waals surface area contributed by atoms with E-state index in [0.717, 1.165) is 6.42 Å². The van der Waals surface area contributed by atoms with Gasteiger partial charge < -0.3 is 14.1 Å². The van der Waals surface area contributed by atoms with Gasteiger partial charge >= 0.3 is 0 Å². The van der Waals surface area contributed by atoms with Crippen molar-refractivity contribution in [3.05, 3.63) is 87.3 Å². The molecule has 0 radical (unpaired) electrons. The summed E-state index contributed by atoms with van der Waals surface area (Å²) in [4.78, 5) is 14.6. The highest BCUT2D eigenvalue weighted by Gasteiger charge is 2.23. The highest BCUT2D eigenvalue weighted by atomic mass is 35.5. The molecule has 4 nitrogen and oxygen atoms in total. The Kier molecular flexibility index (Phi) is 5.10. The van der Waals surface area contributed by atoms with Gasteiger partial charge in [0.2, 0.25) is 0 Å². The molecule has 0 saturated carbocycles. The minimum atomic E-state index is -0.111. The minimum absolute atomic E-state index is 0.111. The highest BCUT2D eigenvalue weighted by molar-refractivity contribution is 6.35. The van der Waals surface area contributed by atoms with E-state index in [1.54, 1.807) is 30.3 Å². The van der Waals surface area contributed by atoms with Gasteiger partial charge in [-0.3, -0.25) is 4.79 Å². The lowest BCUT2D eigenvalue weighted by Gasteiger charge is -2.28. The molecule has 1 aliphatic rings. The largest absolute Gasteiger partial charge is 0.484 e. The molecule has 1 aliphatic heterocycles.